The number of benzene rings is 8. The topological polar surface area (TPSA) is 38.9 Å². The second-order valence-electron chi connectivity index (χ2n) is 21.4. The predicted octanol–water partition coefficient (Wildman–Crippen LogP) is 18.1. The van der Waals surface area contributed by atoms with Crippen molar-refractivity contribution in [1.82, 2.24) is 19.1 Å². The zero-order chi connectivity index (χ0) is 51.7. The van der Waals surface area contributed by atoms with Crippen molar-refractivity contribution in [3.8, 4) is 56.3 Å². The maximum Gasteiger partial charge on any atom is 0.137 e. The van der Waals surface area contributed by atoms with Crippen LogP contribution >= 0.6 is 0 Å². The molecule has 12 rings (SSSR count). The molecular weight excluding hydrogens is 927 g/mol. The monoisotopic (exact) mass is 987 g/mol. The number of fused-ring (bicyclic) bond motifs is 4. The van der Waals surface area contributed by atoms with Crippen molar-refractivity contribution < 1.29 is 0 Å². The number of aryl methyl sites for hydroxylation is 6. The second kappa shape index (κ2) is 18.7. The number of para-hydroxylation sites is 2. The largest absolute Gasteiger partial charge is 0.310 e. The van der Waals surface area contributed by atoms with Crippen LogP contribution in [0.5, 0.6) is 0 Å². The van der Waals surface area contributed by atoms with Gasteiger partial charge in [-0.25, -0.2) is 4.98 Å². The van der Waals surface area contributed by atoms with Gasteiger partial charge in [0.1, 0.15) is 5.82 Å². The second-order valence-corrected chi connectivity index (χ2v) is 26.5. The lowest BCUT2D eigenvalue weighted by Gasteiger charge is -2.30. The summed E-state index contributed by atoms with van der Waals surface area (Å²) in [7, 11) is -1.60. The Bertz CT molecular complexity index is 4040. The molecule has 0 fully saturated rings. The molecule has 6 heteroatoms. The normalized spacial score (nSPS) is 11.8. The Morgan fingerprint density at radius 3 is 1.60 bits per heavy atom. The van der Waals surface area contributed by atoms with Crippen molar-refractivity contribution in [3.05, 3.63) is 240 Å². The Morgan fingerprint density at radius 1 is 0.400 bits per heavy atom. The molecule has 0 amide bonds. The van der Waals surface area contributed by atoms with Crippen LogP contribution in [0.1, 0.15) is 33.4 Å². The Kier molecular flexibility index (Phi) is 11.8. The summed E-state index contributed by atoms with van der Waals surface area (Å²) < 4.78 is 4.85. The van der Waals surface area contributed by atoms with E-state index in [2.05, 4.69) is 269 Å². The summed E-state index contributed by atoms with van der Waals surface area (Å²) in [6.45, 7) is 20.7. The van der Waals surface area contributed by atoms with Gasteiger partial charge in [-0.2, -0.15) is 0 Å². The molecule has 0 aliphatic heterocycles. The van der Waals surface area contributed by atoms with Crippen molar-refractivity contribution >= 4 is 63.0 Å². The number of aromatic nitrogens is 4. The Morgan fingerprint density at radius 2 is 1.00 bits per heavy atom. The van der Waals surface area contributed by atoms with Crippen LogP contribution in [0, 0.1) is 41.5 Å². The molecular formula is C69H61N5Si. The maximum absolute atomic E-state index is 5.21. The lowest BCUT2D eigenvalue weighted by Crippen LogP contribution is -2.37. The molecule has 12 aromatic rings. The zero-order valence-corrected chi connectivity index (χ0v) is 45.4. The molecule has 0 saturated carbocycles. The minimum absolute atomic E-state index is 0.866. The highest BCUT2D eigenvalue weighted by Crippen LogP contribution is 2.50. The molecule has 0 unspecified atom stereocenters. The van der Waals surface area contributed by atoms with E-state index in [0.717, 1.165) is 73.3 Å². The minimum Gasteiger partial charge on any atom is -0.310 e. The fourth-order valence-corrected chi connectivity index (χ4v) is 12.8. The molecule has 0 radical (unpaired) electrons. The average Bonchev–Trinajstić information content (AvgIpc) is 3.92. The van der Waals surface area contributed by atoms with Gasteiger partial charge in [0, 0.05) is 62.3 Å². The fraction of sp³-hybridized carbons (Fsp3) is 0.130. The van der Waals surface area contributed by atoms with Crippen LogP contribution in [0.4, 0.5) is 17.1 Å². The molecule has 0 aliphatic rings. The number of nitrogens with zero attached hydrogens (tertiary/aromatic N) is 5. The van der Waals surface area contributed by atoms with Gasteiger partial charge in [-0.15, -0.1) is 0 Å². The third kappa shape index (κ3) is 8.26. The van der Waals surface area contributed by atoms with E-state index in [-0.39, 0.29) is 0 Å². The van der Waals surface area contributed by atoms with Crippen LogP contribution in [-0.4, -0.2) is 27.2 Å². The van der Waals surface area contributed by atoms with Crippen LogP contribution in [0.3, 0.4) is 0 Å². The summed E-state index contributed by atoms with van der Waals surface area (Å²) in [5.41, 5.74) is 24.1. The number of anilines is 3. The highest BCUT2D eigenvalue weighted by Gasteiger charge is 2.29. The van der Waals surface area contributed by atoms with Crippen LogP contribution in [0.15, 0.2) is 207 Å². The summed E-state index contributed by atoms with van der Waals surface area (Å²) in [6.07, 6.45) is 4.02. The van der Waals surface area contributed by atoms with Crippen molar-refractivity contribution in [2.24, 2.45) is 0 Å². The van der Waals surface area contributed by atoms with E-state index >= 15 is 0 Å². The summed E-state index contributed by atoms with van der Waals surface area (Å²) in [4.78, 5) is 12.9. The third-order valence-corrected chi connectivity index (χ3v) is 17.3. The van der Waals surface area contributed by atoms with E-state index < -0.39 is 8.07 Å². The summed E-state index contributed by atoms with van der Waals surface area (Å²) in [5.74, 6) is 0.866. The Labute approximate surface area is 442 Å². The summed E-state index contributed by atoms with van der Waals surface area (Å²) >= 11 is 0. The fourth-order valence-electron chi connectivity index (χ4n) is 11.7. The van der Waals surface area contributed by atoms with Gasteiger partial charge in [0.2, 0.25) is 0 Å². The number of hydrogen-bond acceptors (Lipinski definition) is 3. The van der Waals surface area contributed by atoms with E-state index in [1.54, 1.807) is 0 Å². The van der Waals surface area contributed by atoms with E-state index in [9.17, 15) is 0 Å². The molecule has 4 aromatic heterocycles. The molecule has 0 saturated heterocycles. The van der Waals surface area contributed by atoms with Gasteiger partial charge in [0.05, 0.1) is 41.7 Å². The van der Waals surface area contributed by atoms with Gasteiger partial charge in [0.15, 0.2) is 0 Å². The molecule has 0 aliphatic carbocycles. The molecule has 8 aromatic carbocycles. The highest BCUT2D eigenvalue weighted by molar-refractivity contribution is 6.88. The third-order valence-electron chi connectivity index (χ3n) is 15.3. The molecule has 0 atom stereocenters. The first-order valence-corrected chi connectivity index (χ1v) is 29.6. The van der Waals surface area contributed by atoms with E-state index in [1.165, 1.54) is 71.3 Å². The van der Waals surface area contributed by atoms with Crippen molar-refractivity contribution in [3.63, 3.8) is 0 Å². The van der Waals surface area contributed by atoms with E-state index in [4.69, 9.17) is 9.97 Å². The lowest BCUT2D eigenvalue weighted by atomic mass is 9.89. The van der Waals surface area contributed by atoms with E-state index in [1.807, 2.05) is 12.3 Å². The minimum atomic E-state index is -1.60. The predicted molar refractivity (Wildman–Crippen MR) is 321 cm³/mol. The van der Waals surface area contributed by atoms with Gasteiger partial charge in [-0.05, 0) is 170 Å². The first-order chi connectivity index (χ1) is 36.3. The van der Waals surface area contributed by atoms with Crippen molar-refractivity contribution in [2.75, 3.05) is 4.90 Å². The molecule has 4 heterocycles. The number of rotatable bonds is 10. The first kappa shape index (κ1) is 47.4. The van der Waals surface area contributed by atoms with E-state index in [0.29, 0.717) is 0 Å². The van der Waals surface area contributed by atoms with Crippen LogP contribution in [0.25, 0.3) is 89.0 Å². The average molecular weight is 988 g/mol. The van der Waals surface area contributed by atoms with Crippen LogP contribution in [0.2, 0.25) is 19.6 Å². The van der Waals surface area contributed by atoms with Gasteiger partial charge < -0.3 is 9.47 Å². The van der Waals surface area contributed by atoms with Crippen molar-refractivity contribution in [2.45, 2.75) is 61.2 Å². The highest BCUT2D eigenvalue weighted by atomic mass is 28.3. The van der Waals surface area contributed by atoms with Gasteiger partial charge >= 0.3 is 0 Å². The van der Waals surface area contributed by atoms with Gasteiger partial charge in [-0.3, -0.25) is 9.55 Å². The summed E-state index contributed by atoms with van der Waals surface area (Å²) in [5, 5.41) is 5.00. The standard InChI is InChI=1S/C69H61N5Si/c1-44-21-19-22-45(2)65(44)67-59-34-32-53(42-63(59)74(64-31-17-18-36-70-64)69(67)66-46(3)23-20-24-47(66)4)72(55-40-51(50-25-11-10-12-26-50)39-52(41-55)60-35-33-56(43-71-60)75(7,8)9)68-48(5)37-54(38-49(68)6)73-61-29-15-13-27-57(61)58-28-14-16-30-62(58)73/h10-43H,1-9H3. The molecule has 5 nitrogen and oxygen atoms in total. The Balaban J connectivity index is 1.18. The quantitative estimate of drug-likeness (QED) is 0.128. The smallest absolute Gasteiger partial charge is 0.137 e. The summed E-state index contributed by atoms with van der Waals surface area (Å²) in [6, 6.07) is 71.3. The molecule has 366 valence electrons. The van der Waals surface area contributed by atoms with Crippen molar-refractivity contribution in [1.29, 1.82) is 0 Å². The van der Waals surface area contributed by atoms with Gasteiger partial charge in [-0.1, -0.05) is 141 Å². The lowest BCUT2D eigenvalue weighted by molar-refractivity contribution is 1.05. The number of hydrogen-bond donors (Lipinski definition) is 0. The van der Waals surface area contributed by atoms with Crippen LogP contribution in [-0.2, 0) is 0 Å². The first-order valence-electron chi connectivity index (χ1n) is 26.1. The molecule has 75 heavy (non-hydrogen) atoms. The maximum atomic E-state index is 5.21. The SMILES string of the molecule is Cc1cccc(C)c1-c1c(-c2c(C)cccc2C)n(-c2ccccn2)c2cc(N(c3cc(-c4ccccc4)cc(-c4ccc([Si](C)(C)C)cn4)c3)c3c(C)cc(-n4c5ccccc5c5ccccc54)cc3C)ccc12. The Hall–Kier alpha value is -8.58. The molecule has 0 N–H and O–H groups in total. The van der Waals surface area contributed by atoms with Crippen LogP contribution < -0.4 is 10.1 Å². The zero-order valence-electron chi connectivity index (χ0n) is 44.4. The van der Waals surface area contributed by atoms with Gasteiger partial charge in [0.25, 0.3) is 0 Å². The molecule has 0 bridgehead atoms. The molecule has 0 spiro atoms. The number of pyridine rings is 2.